The molecule has 1 aromatic carbocycles. The van der Waals surface area contributed by atoms with E-state index in [-0.39, 0.29) is 18.4 Å². The first-order chi connectivity index (χ1) is 12.1. The molecule has 3 rings (SSSR count). The number of rotatable bonds is 5. The van der Waals surface area contributed by atoms with Gasteiger partial charge in [-0.15, -0.1) is 0 Å². The molecule has 0 spiro atoms. The summed E-state index contributed by atoms with van der Waals surface area (Å²) in [5.41, 5.74) is 1.96. The first-order valence-electron chi connectivity index (χ1n) is 8.67. The molecule has 1 aliphatic heterocycles. The Labute approximate surface area is 147 Å². The Hall–Kier alpha value is -2.47. The molecular formula is C19H24N4O2. The number of hydrogen-bond donors (Lipinski definition) is 2. The average Bonchev–Trinajstić information content (AvgIpc) is 2.67. The molecule has 1 aliphatic rings. The van der Waals surface area contributed by atoms with Crippen LogP contribution >= 0.6 is 0 Å². The van der Waals surface area contributed by atoms with Crippen molar-refractivity contribution in [3.05, 3.63) is 54.0 Å². The zero-order valence-corrected chi connectivity index (χ0v) is 14.4. The van der Waals surface area contributed by atoms with Gasteiger partial charge in [0.15, 0.2) is 0 Å². The fourth-order valence-corrected chi connectivity index (χ4v) is 3.10. The maximum atomic E-state index is 12.5. The summed E-state index contributed by atoms with van der Waals surface area (Å²) in [5, 5.41) is 13.1. The summed E-state index contributed by atoms with van der Waals surface area (Å²) in [4.78, 5) is 23.0. The van der Waals surface area contributed by atoms with E-state index in [4.69, 9.17) is 0 Å². The van der Waals surface area contributed by atoms with E-state index in [1.807, 2.05) is 31.2 Å². The molecule has 2 heterocycles. The Morgan fingerprint density at radius 3 is 2.88 bits per heavy atom. The molecule has 1 aromatic heterocycles. The number of aromatic nitrogens is 2. The molecule has 0 radical (unpaired) electrons. The van der Waals surface area contributed by atoms with Crippen molar-refractivity contribution in [1.29, 1.82) is 0 Å². The fraction of sp³-hybridized carbons (Fsp3) is 0.421. The molecule has 0 bridgehead atoms. The second kappa shape index (κ2) is 8.07. The number of nitrogens with one attached hydrogen (secondary N) is 1. The minimum Gasteiger partial charge on any atom is -0.387 e. The molecule has 6 heteroatoms. The molecule has 0 aliphatic carbocycles. The van der Waals surface area contributed by atoms with Crippen molar-refractivity contribution in [1.82, 2.24) is 15.3 Å². The van der Waals surface area contributed by atoms with Crippen molar-refractivity contribution in [2.24, 2.45) is 5.92 Å². The van der Waals surface area contributed by atoms with Crippen LogP contribution in [0.25, 0.3) is 0 Å². The van der Waals surface area contributed by atoms with Crippen molar-refractivity contribution in [2.45, 2.75) is 25.9 Å². The van der Waals surface area contributed by atoms with Crippen molar-refractivity contribution in [3.63, 3.8) is 0 Å². The quantitative estimate of drug-likeness (QED) is 0.868. The van der Waals surface area contributed by atoms with Crippen molar-refractivity contribution >= 4 is 11.7 Å². The molecule has 0 saturated carbocycles. The normalized spacial score (nSPS) is 18.6. The number of aliphatic hydroxyl groups excluding tert-OH is 1. The van der Waals surface area contributed by atoms with E-state index in [0.717, 1.165) is 36.3 Å². The van der Waals surface area contributed by atoms with Crippen LogP contribution in [-0.4, -0.2) is 40.6 Å². The second-order valence-corrected chi connectivity index (χ2v) is 6.52. The highest BCUT2D eigenvalue weighted by Gasteiger charge is 2.26. The standard InChI is InChI=1S/C19H24N4O2/c1-14-4-6-15(7-5-14)17(24)11-22-19(25)16-3-2-10-23(13-16)18-12-20-8-9-21-18/h4-9,12,16-17,24H,2-3,10-11,13H2,1H3,(H,22,25). The first kappa shape index (κ1) is 17.4. The molecule has 6 nitrogen and oxygen atoms in total. The minimum absolute atomic E-state index is 0.0141. The smallest absolute Gasteiger partial charge is 0.225 e. The summed E-state index contributed by atoms with van der Waals surface area (Å²) in [6.45, 7) is 3.74. The van der Waals surface area contributed by atoms with Gasteiger partial charge in [-0.05, 0) is 25.3 Å². The number of benzene rings is 1. The molecule has 2 atom stereocenters. The van der Waals surface area contributed by atoms with Gasteiger partial charge in [-0.1, -0.05) is 29.8 Å². The maximum absolute atomic E-state index is 12.5. The van der Waals surface area contributed by atoms with Gasteiger partial charge in [0.05, 0.1) is 18.2 Å². The van der Waals surface area contributed by atoms with Gasteiger partial charge in [0.2, 0.25) is 5.91 Å². The van der Waals surface area contributed by atoms with E-state index >= 15 is 0 Å². The summed E-state index contributed by atoms with van der Waals surface area (Å²) in [7, 11) is 0. The van der Waals surface area contributed by atoms with Crippen LogP contribution in [0.5, 0.6) is 0 Å². The number of piperidine rings is 1. The highest BCUT2D eigenvalue weighted by Crippen LogP contribution is 2.21. The Morgan fingerprint density at radius 2 is 2.16 bits per heavy atom. The summed E-state index contributed by atoms with van der Waals surface area (Å²) >= 11 is 0. The van der Waals surface area contributed by atoms with Gasteiger partial charge in [-0.3, -0.25) is 9.78 Å². The van der Waals surface area contributed by atoms with Gasteiger partial charge < -0.3 is 15.3 Å². The van der Waals surface area contributed by atoms with Crippen LogP contribution in [0.15, 0.2) is 42.9 Å². The molecular weight excluding hydrogens is 316 g/mol. The van der Waals surface area contributed by atoms with Crippen molar-refractivity contribution < 1.29 is 9.90 Å². The van der Waals surface area contributed by atoms with Gasteiger partial charge in [-0.2, -0.15) is 0 Å². The minimum atomic E-state index is -0.691. The molecule has 132 valence electrons. The highest BCUT2D eigenvalue weighted by atomic mass is 16.3. The Kier molecular flexibility index (Phi) is 5.60. The van der Waals surface area contributed by atoms with Crippen LogP contribution in [0.1, 0.15) is 30.1 Å². The molecule has 1 saturated heterocycles. The van der Waals surface area contributed by atoms with Gasteiger partial charge in [-0.25, -0.2) is 4.98 Å². The lowest BCUT2D eigenvalue weighted by molar-refractivity contribution is -0.125. The predicted molar refractivity (Wildman–Crippen MR) is 96.1 cm³/mol. The van der Waals surface area contributed by atoms with Crippen molar-refractivity contribution in [2.75, 3.05) is 24.5 Å². The number of nitrogens with zero attached hydrogens (tertiary/aromatic N) is 3. The van der Waals surface area contributed by atoms with E-state index in [0.29, 0.717) is 6.54 Å². The van der Waals surface area contributed by atoms with Gasteiger partial charge >= 0.3 is 0 Å². The number of aryl methyl sites for hydroxylation is 1. The Balaban J connectivity index is 1.53. The van der Waals surface area contributed by atoms with E-state index in [9.17, 15) is 9.90 Å². The summed E-state index contributed by atoms with van der Waals surface area (Å²) < 4.78 is 0. The van der Waals surface area contributed by atoms with Crippen LogP contribution in [-0.2, 0) is 4.79 Å². The largest absolute Gasteiger partial charge is 0.387 e. The number of aliphatic hydroxyl groups is 1. The van der Waals surface area contributed by atoms with E-state index in [1.54, 1.807) is 18.6 Å². The Bertz CT molecular complexity index is 690. The van der Waals surface area contributed by atoms with Crippen LogP contribution in [0.3, 0.4) is 0 Å². The number of hydrogen-bond acceptors (Lipinski definition) is 5. The Morgan fingerprint density at radius 1 is 1.36 bits per heavy atom. The number of carbonyl (C=O) groups excluding carboxylic acids is 1. The lowest BCUT2D eigenvalue weighted by atomic mass is 9.97. The third kappa shape index (κ3) is 4.54. The summed E-state index contributed by atoms with van der Waals surface area (Å²) in [6, 6.07) is 7.70. The summed E-state index contributed by atoms with van der Waals surface area (Å²) in [5.74, 6) is 0.695. The average molecular weight is 340 g/mol. The van der Waals surface area contributed by atoms with Crippen molar-refractivity contribution in [3.8, 4) is 0 Å². The van der Waals surface area contributed by atoms with E-state index in [1.165, 1.54) is 0 Å². The van der Waals surface area contributed by atoms with Crippen LogP contribution in [0.2, 0.25) is 0 Å². The lowest BCUT2D eigenvalue weighted by Gasteiger charge is -2.32. The van der Waals surface area contributed by atoms with E-state index < -0.39 is 6.10 Å². The third-order valence-electron chi connectivity index (χ3n) is 4.60. The molecule has 2 N–H and O–H groups in total. The monoisotopic (exact) mass is 340 g/mol. The molecule has 2 unspecified atom stereocenters. The SMILES string of the molecule is Cc1ccc(C(O)CNC(=O)C2CCCN(c3cnccn3)C2)cc1. The maximum Gasteiger partial charge on any atom is 0.225 e. The van der Waals surface area contributed by atoms with Crippen LogP contribution in [0.4, 0.5) is 5.82 Å². The summed E-state index contributed by atoms with van der Waals surface area (Å²) in [6.07, 6.45) is 6.13. The molecule has 2 aromatic rings. The molecule has 25 heavy (non-hydrogen) atoms. The zero-order chi connectivity index (χ0) is 17.6. The zero-order valence-electron chi connectivity index (χ0n) is 14.4. The first-order valence-corrected chi connectivity index (χ1v) is 8.67. The van der Waals surface area contributed by atoms with Crippen LogP contribution < -0.4 is 10.2 Å². The number of carbonyl (C=O) groups is 1. The fourth-order valence-electron chi connectivity index (χ4n) is 3.10. The van der Waals surface area contributed by atoms with Gasteiger partial charge in [0, 0.05) is 32.0 Å². The number of amides is 1. The molecule has 1 fully saturated rings. The van der Waals surface area contributed by atoms with Gasteiger partial charge in [0.1, 0.15) is 5.82 Å². The van der Waals surface area contributed by atoms with E-state index in [2.05, 4.69) is 20.2 Å². The predicted octanol–water partition coefficient (Wildman–Crippen LogP) is 1.85. The topological polar surface area (TPSA) is 78.4 Å². The third-order valence-corrected chi connectivity index (χ3v) is 4.60. The van der Waals surface area contributed by atoms with Crippen LogP contribution in [0, 0.1) is 12.8 Å². The molecule has 1 amide bonds. The highest BCUT2D eigenvalue weighted by molar-refractivity contribution is 5.79. The van der Waals surface area contributed by atoms with Gasteiger partial charge in [0.25, 0.3) is 0 Å². The second-order valence-electron chi connectivity index (χ2n) is 6.52. The lowest BCUT2D eigenvalue weighted by Crippen LogP contribution is -2.44. The number of anilines is 1.